The third-order valence-electron chi connectivity index (χ3n) is 39.9. The second-order valence-corrected chi connectivity index (χ2v) is 47.9. The second-order valence-electron chi connectivity index (χ2n) is 45.9. The molecule has 0 bridgehead atoms. The van der Waals surface area contributed by atoms with E-state index in [4.69, 9.17) is 5.26 Å². The van der Waals surface area contributed by atoms with E-state index < -0.39 is 45.3 Å². The van der Waals surface area contributed by atoms with Crippen molar-refractivity contribution in [2.24, 2.45) is 164 Å². The maximum absolute atomic E-state index is 13.5. The summed E-state index contributed by atoms with van der Waals surface area (Å²) in [5.41, 5.74) is -0.316. The standard InChI is InChI=1S/C26H38F2N2O3S.C26H37N3O2.C25H38N2O2.C24H35FN2O2/c1-16(14-30-15-18(13-29-30)34(3,32)33)22-6-7-23-21-5-4-17-12-26(31,24(27)28)11-9-19(17)20(21)8-10-25(22,23)2;1-3-26(31)11-9-19-18(12-26)4-5-21-20(19)8-10-25(2)22(21)6-7-23(25)24(30)16-29-15-17(13-27)14-28-29;1-16-13-26-27(14-16)15-23(28)22-7-6-21-20-5-4-17-12-24(2,29)10-8-18(17)19(20)9-11-25(21,22)3;1-23-9-7-18-17-8-10-24(29,15-25)13-16(17)3-4-19(18)20(23)5-6-21(23)22(28)14-27-12-2-11-26-27/h13,15,17,19-24,31H,1,4-12,14H2,2-3H3;14-15,18-23,31H,3-12,16H2,1-2H3;13-14,17-22,29H,4-12,15H2,1-3H3;2,11-12,16-21,29H,3-10,13-15H2,1H3/t17-,19+,20-,21-,22-,23+,25-,26-;18-,19+,20-,21-,22+,23-,25+,26-;17-,18+,19-,20-,21+,22-,24-,25+;16-,17+,18-,19-,20+,21-,23+,24-/m1111/s1. The number of aromatic nitrogens is 8. The SMILES string of the molecule is C=C(Cn1cc(S(C)(=O)=O)cn1)[C@H]1CC[C@H]2[C@@H]3CC[C@@H]4C[C@@](O)(C(F)F)CC[C@@H]4[C@H]3CC[C@]12C.CC[C@@]1(O)CC[C@H]2[C@H](CC[C@@H]3[C@@H]2CC[C@]2(C)[C@@H](C(=O)Cn4cc(C#N)cn4)CC[C@@H]32)C1.C[C@]12CC[C@H]3[C@@H](CC[C@@H]4C[C@@](O)(CF)CC[C@@H]43)[C@@H]1CC[C@@H]2C(=O)Cn1cccn1.Cc1cnn(CC(=O)[C@H]2CC[C@H]3[C@@H]4CC[C@@H]5C[C@](C)(O)CC[C@@H]5[C@H]4CC[C@]23C)c1. The summed E-state index contributed by atoms with van der Waals surface area (Å²) in [4.78, 5) is 39.9. The number of allylic oxidation sites excluding steroid dienone is 1. The highest BCUT2D eigenvalue weighted by Gasteiger charge is 2.65. The van der Waals surface area contributed by atoms with Crippen LogP contribution in [0.25, 0.3) is 0 Å². The number of aliphatic hydroxyl groups is 4. The molecule has 0 radical (unpaired) electrons. The van der Waals surface area contributed by atoms with E-state index >= 15 is 0 Å². The Morgan fingerprint density at radius 2 is 0.870 bits per heavy atom. The van der Waals surface area contributed by atoms with Gasteiger partial charge in [-0.15, -0.1) is 0 Å². The van der Waals surface area contributed by atoms with Crippen LogP contribution in [-0.2, 0) is 50.4 Å². The van der Waals surface area contributed by atoms with Crippen LogP contribution in [0.3, 0.4) is 0 Å². The molecule has 123 heavy (non-hydrogen) atoms. The monoisotopic (exact) mass is 1720 g/mol. The van der Waals surface area contributed by atoms with Crippen molar-refractivity contribution in [1.82, 2.24) is 39.1 Å². The number of Topliss-reactive ketones (excluding diaryl/α,β-unsaturated/α-hetero) is 3. The molecule has 0 aliphatic heterocycles. The zero-order chi connectivity index (χ0) is 86.9. The maximum atomic E-state index is 13.5. The first-order valence-corrected chi connectivity index (χ1v) is 51.0. The summed E-state index contributed by atoms with van der Waals surface area (Å²) in [7, 11) is -3.27. The second kappa shape index (κ2) is 34.5. The number of aryl methyl sites for hydroxylation is 1. The highest BCUT2D eigenvalue weighted by molar-refractivity contribution is 7.90. The lowest BCUT2D eigenvalue weighted by Gasteiger charge is -2.57. The lowest BCUT2D eigenvalue weighted by Crippen LogP contribution is -2.52. The van der Waals surface area contributed by atoms with Gasteiger partial charge in [-0.1, -0.05) is 46.8 Å². The van der Waals surface area contributed by atoms with Gasteiger partial charge in [-0.25, -0.2) is 21.6 Å². The molecule has 0 spiro atoms. The number of sulfone groups is 1. The van der Waals surface area contributed by atoms with Gasteiger partial charge in [-0.3, -0.25) is 33.1 Å². The molecule has 20 rings (SSSR count). The van der Waals surface area contributed by atoms with Crippen LogP contribution in [0.4, 0.5) is 13.2 Å². The summed E-state index contributed by atoms with van der Waals surface area (Å²) >= 11 is 0. The number of halogens is 3. The molecule has 22 heteroatoms. The molecule has 16 saturated carbocycles. The third-order valence-corrected chi connectivity index (χ3v) is 41.0. The number of carbonyl (C=O) groups excluding carboxylic acids is 3. The fraction of sp³-hybridized carbons (Fsp3) is 0.822. The molecular weight excluding hydrogens is 1570 g/mol. The Kier molecular flexibility index (Phi) is 25.1. The Morgan fingerprint density at radius 1 is 0.472 bits per heavy atom. The van der Waals surface area contributed by atoms with Crippen molar-refractivity contribution < 1.29 is 56.4 Å². The van der Waals surface area contributed by atoms with Crippen molar-refractivity contribution >= 4 is 27.2 Å². The predicted octanol–water partition coefficient (Wildman–Crippen LogP) is 19.0. The molecule has 16 aliphatic rings. The Labute approximate surface area is 731 Å². The van der Waals surface area contributed by atoms with E-state index in [-0.39, 0.29) is 63.1 Å². The average Bonchev–Trinajstić information content (AvgIpc) is 1.67. The van der Waals surface area contributed by atoms with E-state index in [0.717, 1.165) is 174 Å². The average molecular weight is 1720 g/mol. The molecule has 4 aromatic rings. The van der Waals surface area contributed by atoms with Crippen LogP contribution in [-0.4, -0.2) is 127 Å². The van der Waals surface area contributed by atoms with E-state index in [0.29, 0.717) is 127 Å². The minimum atomic E-state index is -3.27. The largest absolute Gasteiger partial charge is 0.390 e. The van der Waals surface area contributed by atoms with Crippen LogP contribution in [0, 0.1) is 182 Å². The first-order chi connectivity index (χ1) is 58.5. The molecule has 4 aromatic heterocycles. The Hall–Kier alpha value is -5.34. The van der Waals surface area contributed by atoms with Crippen LogP contribution in [0.15, 0.2) is 72.7 Å². The van der Waals surface area contributed by atoms with Gasteiger partial charge in [0.1, 0.15) is 23.2 Å². The number of nitrogens with zero attached hydrogens (tertiary/aromatic N) is 9. The summed E-state index contributed by atoms with van der Waals surface area (Å²) in [5.74, 6) is 15.4. The van der Waals surface area contributed by atoms with E-state index in [2.05, 4.69) is 67.7 Å². The van der Waals surface area contributed by atoms with Gasteiger partial charge >= 0.3 is 0 Å². The number of alkyl halides is 3. The minimum Gasteiger partial charge on any atom is -0.390 e. The van der Waals surface area contributed by atoms with Crippen molar-refractivity contribution in [3.63, 3.8) is 0 Å². The van der Waals surface area contributed by atoms with Crippen molar-refractivity contribution in [1.29, 1.82) is 5.26 Å². The van der Waals surface area contributed by atoms with E-state index in [1.807, 2.05) is 43.2 Å². The van der Waals surface area contributed by atoms with Gasteiger partial charge in [0.05, 0.1) is 67.1 Å². The van der Waals surface area contributed by atoms with Crippen LogP contribution in [0.5, 0.6) is 0 Å². The number of carbonyl (C=O) groups is 3. The van der Waals surface area contributed by atoms with Crippen molar-refractivity contribution in [3.8, 4) is 6.07 Å². The minimum absolute atomic E-state index is 0.120. The molecule has 4 heterocycles. The molecule has 18 nitrogen and oxygen atoms in total. The molecule has 0 saturated heterocycles. The predicted molar refractivity (Wildman–Crippen MR) is 466 cm³/mol. The lowest BCUT2D eigenvalue weighted by atomic mass is 9.48. The summed E-state index contributed by atoms with van der Waals surface area (Å²) < 4.78 is 70.8. The topological polar surface area (TPSA) is 261 Å². The first kappa shape index (κ1) is 89.6. The number of hydrogen-bond donors (Lipinski definition) is 4. The summed E-state index contributed by atoms with van der Waals surface area (Å²) in [6.45, 7) is 21.4. The zero-order valence-corrected chi connectivity index (χ0v) is 76.2. The van der Waals surface area contributed by atoms with Gasteiger partial charge in [-0.2, -0.15) is 25.7 Å². The Bertz CT molecular complexity index is 4610. The smallest absolute Gasteiger partial charge is 0.266 e. The summed E-state index contributed by atoms with van der Waals surface area (Å²) in [6.07, 6.45) is 51.1. The van der Waals surface area contributed by atoms with Crippen LogP contribution >= 0.6 is 0 Å². The van der Waals surface area contributed by atoms with Crippen molar-refractivity contribution in [2.45, 2.75) is 346 Å². The quantitative estimate of drug-likeness (QED) is 0.0761. The molecule has 32 atom stereocenters. The molecule has 0 unspecified atom stereocenters. The highest BCUT2D eigenvalue weighted by Crippen LogP contribution is 2.71. The van der Waals surface area contributed by atoms with Crippen LogP contribution < -0.4 is 0 Å². The van der Waals surface area contributed by atoms with Crippen molar-refractivity contribution in [3.05, 3.63) is 78.9 Å². The molecular formula is C101H148F3N9O9S. The fourth-order valence-electron chi connectivity index (χ4n) is 34.0. The van der Waals surface area contributed by atoms with Gasteiger partial charge < -0.3 is 20.4 Å². The summed E-state index contributed by atoms with van der Waals surface area (Å²) in [6, 6.07) is 3.97. The maximum Gasteiger partial charge on any atom is 0.266 e. The van der Waals surface area contributed by atoms with Gasteiger partial charge in [0.25, 0.3) is 6.43 Å². The highest BCUT2D eigenvalue weighted by atomic mass is 32.2. The van der Waals surface area contributed by atoms with Gasteiger partial charge in [-0.05, 0) is 409 Å². The number of nitriles is 1. The number of rotatable bonds is 16. The first-order valence-electron chi connectivity index (χ1n) is 49.1. The molecule has 0 amide bonds. The van der Waals surface area contributed by atoms with Crippen molar-refractivity contribution in [2.75, 3.05) is 12.9 Å². The molecule has 16 fully saturated rings. The van der Waals surface area contributed by atoms with Gasteiger partial charge in [0, 0.05) is 55.0 Å². The molecule has 4 N–H and O–H groups in total. The molecule has 0 aromatic carbocycles. The fourth-order valence-corrected chi connectivity index (χ4v) is 34.6. The van der Waals surface area contributed by atoms with E-state index in [9.17, 15) is 56.4 Å². The number of hydrogen-bond acceptors (Lipinski definition) is 14. The van der Waals surface area contributed by atoms with E-state index in [1.54, 1.807) is 38.8 Å². The molecule has 16 aliphatic carbocycles. The third kappa shape index (κ3) is 17.0. The van der Waals surface area contributed by atoms with Crippen LogP contribution in [0.1, 0.15) is 290 Å². The summed E-state index contributed by atoms with van der Waals surface area (Å²) in [5, 5.41) is 68.5. The lowest BCUT2D eigenvalue weighted by molar-refractivity contribution is -0.159. The van der Waals surface area contributed by atoms with Gasteiger partial charge in [0.2, 0.25) is 0 Å². The number of fused-ring (bicyclic) bond motifs is 20. The normalized spacial score (nSPS) is 44.7. The van der Waals surface area contributed by atoms with Gasteiger partial charge in [0.15, 0.2) is 27.2 Å². The zero-order valence-electron chi connectivity index (χ0n) is 75.4. The number of ketones is 3. The Morgan fingerprint density at radius 3 is 1.29 bits per heavy atom. The van der Waals surface area contributed by atoms with E-state index in [1.165, 1.54) is 115 Å². The molecule has 678 valence electrons. The Balaban J connectivity index is 0.000000117. The van der Waals surface area contributed by atoms with Crippen LogP contribution in [0.2, 0.25) is 0 Å².